The first kappa shape index (κ1) is 23.2. The Balaban J connectivity index is 1.80. The average molecular weight is 500 g/mol. The third-order valence-corrected chi connectivity index (χ3v) is 6.79. The van der Waals surface area contributed by atoms with Crippen molar-refractivity contribution in [3.8, 4) is 5.75 Å². The van der Waals surface area contributed by atoms with Crippen LogP contribution in [-0.4, -0.2) is 21.4 Å². The third kappa shape index (κ3) is 5.83. The van der Waals surface area contributed by atoms with Crippen molar-refractivity contribution in [3.63, 3.8) is 0 Å². The number of benzene rings is 3. The van der Waals surface area contributed by atoms with E-state index < -0.39 is 10.0 Å². The summed E-state index contributed by atoms with van der Waals surface area (Å²) < 4.78 is 33.4. The van der Waals surface area contributed by atoms with E-state index in [0.29, 0.717) is 21.4 Å². The molecular formula is C21H17Cl3N2O4S. The van der Waals surface area contributed by atoms with Gasteiger partial charge in [-0.15, -0.1) is 0 Å². The van der Waals surface area contributed by atoms with Crippen molar-refractivity contribution in [1.82, 2.24) is 0 Å². The van der Waals surface area contributed by atoms with E-state index in [-0.39, 0.29) is 33.6 Å². The number of hydrogen-bond donors (Lipinski definition) is 2. The van der Waals surface area contributed by atoms with Gasteiger partial charge in [0.2, 0.25) is 5.91 Å². The molecule has 2 N–H and O–H groups in total. The molecule has 0 aliphatic rings. The van der Waals surface area contributed by atoms with Gasteiger partial charge in [0.25, 0.3) is 10.0 Å². The van der Waals surface area contributed by atoms with Crippen LogP contribution in [0.5, 0.6) is 5.75 Å². The minimum atomic E-state index is -4.05. The molecule has 0 fully saturated rings. The highest BCUT2D eigenvalue weighted by Gasteiger charge is 2.21. The van der Waals surface area contributed by atoms with Gasteiger partial charge in [-0.25, -0.2) is 8.42 Å². The first-order chi connectivity index (χ1) is 14.7. The number of carbonyl (C=O) groups is 1. The summed E-state index contributed by atoms with van der Waals surface area (Å²) in [7, 11) is -2.61. The normalized spacial score (nSPS) is 11.1. The number of hydrogen-bond acceptors (Lipinski definition) is 4. The van der Waals surface area contributed by atoms with E-state index in [9.17, 15) is 13.2 Å². The first-order valence-corrected chi connectivity index (χ1v) is 11.5. The first-order valence-electron chi connectivity index (χ1n) is 8.89. The lowest BCUT2D eigenvalue weighted by molar-refractivity contribution is -0.115. The fourth-order valence-electron chi connectivity index (χ4n) is 2.76. The fraction of sp³-hybridized carbons (Fsp3) is 0.0952. The largest absolute Gasteiger partial charge is 0.495 e. The molecule has 0 bridgehead atoms. The summed E-state index contributed by atoms with van der Waals surface area (Å²) in [6.07, 6.45) is 0.0288. The molecule has 0 aliphatic heterocycles. The number of halogens is 3. The van der Waals surface area contributed by atoms with E-state index in [1.54, 1.807) is 42.5 Å². The molecule has 0 unspecified atom stereocenters. The summed E-state index contributed by atoms with van der Waals surface area (Å²) >= 11 is 18.0. The maximum absolute atomic E-state index is 12.9. The van der Waals surface area contributed by atoms with Crippen LogP contribution in [0.1, 0.15) is 5.56 Å². The van der Waals surface area contributed by atoms with Crippen LogP contribution in [0.15, 0.2) is 65.6 Å². The molecule has 0 atom stereocenters. The summed E-state index contributed by atoms with van der Waals surface area (Å²) in [5.74, 6) is -0.00460. The number of rotatable bonds is 7. The number of carbonyl (C=O) groups excluding carboxylic acids is 1. The van der Waals surface area contributed by atoms with Gasteiger partial charge in [-0.3, -0.25) is 9.52 Å². The summed E-state index contributed by atoms with van der Waals surface area (Å²) in [4.78, 5) is 12.2. The summed E-state index contributed by atoms with van der Waals surface area (Å²) in [6.45, 7) is 0. The minimum absolute atomic E-state index is 0.00452. The number of ether oxygens (including phenoxy) is 1. The third-order valence-electron chi connectivity index (χ3n) is 4.20. The van der Waals surface area contributed by atoms with Crippen LogP contribution in [0.3, 0.4) is 0 Å². The van der Waals surface area contributed by atoms with E-state index in [2.05, 4.69) is 10.0 Å². The molecular weight excluding hydrogens is 483 g/mol. The maximum Gasteiger partial charge on any atom is 0.263 e. The molecule has 1 amide bonds. The molecule has 0 spiro atoms. The fourth-order valence-corrected chi connectivity index (χ4v) is 4.67. The quantitative estimate of drug-likeness (QED) is 0.441. The summed E-state index contributed by atoms with van der Waals surface area (Å²) in [5, 5.41) is 3.40. The van der Waals surface area contributed by atoms with Crippen LogP contribution in [-0.2, 0) is 21.2 Å². The number of methoxy groups -OCH3 is 1. The molecule has 10 heteroatoms. The highest BCUT2D eigenvalue weighted by Crippen LogP contribution is 2.30. The summed E-state index contributed by atoms with van der Waals surface area (Å²) in [6, 6.07) is 15.6. The number of nitrogens with one attached hydrogen (secondary N) is 2. The van der Waals surface area contributed by atoms with Crippen molar-refractivity contribution in [2.75, 3.05) is 17.1 Å². The number of para-hydroxylation sites is 2. The molecule has 6 nitrogen and oxygen atoms in total. The van der Waals surface area contributed by atoms with Crippen LogP contribution < -0.4 is 14.8 Å². The second-order valence-corrected chi connectivity index (χ2v) is 9.30. The number of anilines is 2. The lowest BCUT2D eigenvalue weighted by Crippen LogP contribution is -2.17. The van der Waals surface area contributed by atoms with E-state index in [0.717, 1.165) is 0 Å². The average Bonchev–Trinajstić information content (AvgIpc) is 2.72. The van der Waals surface area contributed by atoms with Crippen molar-refractivity contribution in [2.45, 2.75) is 11.3 Å². The molecule has 0 aromatic heterocycles. The topological polar surface area (TPSA) is 84.5 Å². The summed E-state index contributed by atoms with van der Waals surface area (Å²) in [5.41, 5.74) is 1.19. The van der Waals surface area contributed by atoms with E-state index >= 15 is 0 Å². The number of amides is 1. The Morgan fingerprint density at radius 1 is 0.935 bits per heavy atom. The Kier molecular flexibility index (Phi) is 7.33. The molecule has 0 radical (unpaired) electrons. The van der Waals surface area contributed by atoms with Gasteiger partial charge < -0.3 is 10.1 Å². The van der Waals surface area contributed by atoms with Crippen LogP contribution in [0.25, 0.3) is 0 Å². The predicted molar refractivity (Wildman–Crippen MR) is 124 cm³/mol. The molecule has 3 aromatic rings. The molecule has 0 heterocycles. The van der Waals surface area contributed by atoms with Crippen LogP contribution in [0, 0.1) is 0 Å². The van der Waals surface area contributed by atoms with E-state index in [4.69, 9.17) is 39.5 Å². The van der Waals surface area contributed by atoms with Crippen molar-refractivity contribution in [2.24, 2.45) is 0 Å². The zero-order valence-electron chi connectivity index (χ0n) is 16.2. The molecule has 0 saturated carbocycles. The van der Waals surface area contributed by atoms with Crippen LogP contribution >= 0.6 is 34.8 Å². The van der Waals surface area contributed by atoms with Gasteiger partial charge in [0, 0.05) is 5.69 Å². The van der Waals surface area contributed by atoms with Gasteiger partial charge in [0.15, 0.2) is 0 Å². The standard InChI is InChI=1S/C21H17Cl3N2O4S/c1-30-19-5-3-2-4-18(19)26-31(28,29)20-12-14(7-9-16(20)23)25-21(27)11-13-6-8-15(22)17(24)10-13/h2-10,12,26H,11H2,1H3,(H,25,27). The SMILES string of the molecule is COc1ccccc1NS(=O)(=O)c1cc(NC(=O)Cc2ccc(Cl)c(Cl)c2)ccc1Cl. The van der Waals surface area contributed by atoms with Gasteiger partial charge in [0.1, 0.15) is 10.6 Å². The lowest BCUT2D eigenvalue weighted by Gasteiger charge is -2.14. The molecule has 0 aliphatic carbocycles. The molecule has 3 aromatic carbocycles. The van der Waals surface area contributed by atoms with Gasteiger partial charge in [-0.05, 0) is 48.0 Å². The van der Waals surface area contributed by atoms with Gasteiger partial charge in [-0.2, -0.15) is 0 Å². The Labute approximate surface area is 195 Å². The van der Waals surface area contributed by atoms with Crippen molar-refractivity contribution in [3.05, 3.63) is 81.3 Å². The Morgan fingerprint density at radius 3 is 2.35 bits per heavy atom. The lowest BCUT2D eigenvalue weighted by atomic mass is 10.1. The van der Waals surface area contributed by atoms with Gasteiger partial charge in [0.05, 0.1) is 34.3 Å². The van der Waals surface area contributed by atoms with Gasteiger partial charge >= 0.3 is 0 Å². The van der Waals surface area contributed by atoms with Crippen molar-refractivity contribution >= 4 is 62.1 Å². The molecule has 3 rings (SSSR count). The second-order valence-electron chi connectivity index (χ2n) is 6.42. The second kappa shape index (κ2) is 9.78. The monoisotopic (exact) mass is 498 g/mol. The maximum atomic E-state index is 12.9. The predicted octanol–water partition coefficient (Wildman–Crippen LogP) is 5.64. The van der Waals surface area contributed by atoms with E-state index in [1.165, 1.54) is 25.3 Å². The Bertz CT molecular complexity index is 1230. The zero-order chi connectivity index (χ0) is 22.6. The number of sulfonamides is 1. The molecule has 31 heavy (non-hydrogen) atoms. The highest BCUT2D eigenvalue weighted by molar-refractivity contribution is 7.92. The minimum Gasteiger partial charge on any atom is -0.495 e. The Morgan fingerprint density at radius 2 is 1.65 bits per heavy atom. The Hall–Kier alpha value is -2.45. The zero-order valence-corrected chi connectivity index (χ0v) is 19.2. The van der Waals surface area contributed by atoms with Crippen molar-refractivity contribution < 1.29 is 17.9 Å². The highest BCUT2D eigenvalue weighted by atomic mass is 35.5. The van der Waals surface area contributed by atoms with Crippen LogP contribution in [0.2, 0.25) is 15.1 Å². The van der Waals surface area contributed by atoms with Gasteiger partial charge in [-0.1, -0.05) is 53.0 Å². The molecule has 0 saturated heterocycles. The van der Waals surface area contributed by atoms with Crippen LogP contribution in [0.4, 0.5) is 11.4 Å². The smallest absolute Gasteiger partial charge is 0.263 e. The molecule has 162 valence electrons. The van der Waals surface area contributed by atoms with Crippen molar-refractivity contribution in [1.29, 1.82) is 0 Å². The van der Waals surface area contributed by atoms with E-state index in [1.807, 2.05) is 0 Å².